The molecule has 1 aliphatic heterocycles. The molecule has 0 unspecified atom stereocenters. The summed E-state index contributed by atoms with van der Waals surface area (Å²) in [4.78, 5) is 19.0. The molecule has 2 N–H and O–H groups in total. The maximum Gasteiger partial charge on any atom is 0.237 e. The van der Waals surface area contributed by atoms with Gasteiger partial charge in [0.1, 0.15) is 11.9 Å². The first-order chi connectivity index (χ1) is 13.6. The topological polar surface area (TPSA) is 94.2 Å². The summed E-state index contributed by atoms with van der Waals surface area (Å²) in [6.45, 7) is 1.02. The first kappa shape index (κ1) is 19.2. The summed E-state index contributed by atoms with van der Waals surface area (Å²) in [6.07, 6.45) is 7.97. The standard InChI is InChI=1S/C20H24BrN5O2/c1-23-20(27)16-3-2-8-26(16)13-6-4-12(5-7-13)25-19-18(21)15-9-14(10-22)28-17(15)11-24-19/h9,11-13,16H,2-8H2,1H3,(H,23,27)(H,24,25)/t12?,13?,16-/m0/s1. The summed E-state index contributed by atoms with van der Waals surface area (Å²) < 4.78 is 6.26. The molecule has 4 rings (SSSR count). The van der Waals surface area contributed by atoms with Crippen LogP contribution in [-0.4, -0.2) is 47.5 Å². The van der Waals surface area contributed by atoms with Crippen molar-refractivity contribution in [1.29, 1.82) is 5.26 Å². The van der Waals surface area contributed by atoms with Crippen molar-refractivity contribution in [2.45, 2.75) is 56.7 Å². The van der Waals surface area contributed by atoms with Crippen molar-refractivity contribution in [3.8, 4) is 6.07 Å². The summed E-state index contributed by atoms with van der Waals surface area (Å²) in [7, 11) is 1.72. The summed E-state index contributed by atoms with van der Waals surface area (Å²) >= 11 is 3.60. The third-order valence-electron chi connectivity index (χ3n) is 5.98. The predicted molar refractivity (Wildman–Crippen MR) is 110 cm³/mol. The summed E-state index contributed by atoms with van der Waals surface area (Å²) in [5.41, 5.74) is 0.604. The Bertz CT molecular complexity index is 913. The molecule has 1 aliphatic carbocycles. The second-order valence-corrected chi connectivity index (χ2v) is 8.37. The molecule has 1 atom stereocenters. The van der Waals surface area contributed by atoms with Crippen LogP contribution < -0.4 is 10.6 Å². The van der Waals surface area contributed by atoms with Gasteiger partial charge in [-0.25, -0.2) is 4.98 Å². The molecule has 28 heavy (non-hydrogen) atoms. The zero-order valence-corrected chi connectivity index (χ0v) is 17.5. The first-order valence-corrected chi connectivity index (χ1v) is 10.6. The number of aromatic nitrogens is 1. The molecule has 1 saturated heterocycles. The molecular formula is C20H24BrN5O2. The van der Waals surface area contributed by atoms with Gasteiger partial charge in [0.2, 0.25) is 11.7 Å². The van der Waals surface area contributed by atoms with Gasteiger partial charge in [0.25, 0.3) is 0 Å². The lowest BCUT2D eigenvalue weighted by Gasteiger charge is -2.37. The van der Waals surface area contributed by atoms with Gasteiger partial charge in [0.15, 0.2) is 5.58 Å². The third-order valence-corrected chi connectivity index (χ3v) is 6.78. The lowest BCUT2D eigenvalue weighted by molar-refractivity contribution is -0.125. The number of amides is 1. The molecule has 0 spiro atoms. The Morgan fingerprint density at radius 1 is 1.36 bits per heavy atom. The number of furan rings is 1. The van der Waals surface area contributed by atoms with E-state index in [-0.39, 0.29) is 17.7 Å². The molecular weight excluding hydrogens is 422 g/mol. The molecule has 0 bridgehead atoms. The predicted octanol–water partition coefficient (Wildman–Crippen LogP) is 3.40. The van der Waals surface area contributed by atoms with E-state index in [2.05, 4.69) is 36.4 Å². The fourth-order valence-electron chi connectivity index (χ4n) is 4.56. The monoisotopic (exact) mass is 445 g/mol. The Labute approximate surface area is 172 Å². The number of nitrogens with zero attached hydrogens (tertiary/aromatic N) is 3. The van der Waals surface area contributed by atoms with E-state index >= 15 is 0 Å². The molecule has 2 fully saturated rings. The van der Waals surface area contributed by atoms with Crippen LogP contribution in [0.2, 0.25) is 0 Å². The number of nitriles is 1. The normalized spacial score (nSPS) is 25.5. The van der Waals surface area contributed by atoms with Crippen molar-refractivity contribution < 1.29 is 9.21 Å². The van der Waals surface area contributed by atoms with Crippen LogP contribution in [0.15, 0.2) is 21.2 Å². The van der Waals surface area contributed by atoms with Gasteiger partial charge < -0.3 is 15.1 Å². The maximum absolute atomic E-state index is 12.1. The number of carbonyl (C=O) groups is 1. The SMILES string of the molecule is CNC(=O)[C@@H]1CCCN1C1CCC(Nc2ncc3oc(C#N)cc3c2Br)CC1. The molecule has 2 aliphatic rings. The largest absolute Gasteiger partial charge is 0.444 e. The van der Waals surface area contributed by atoms with Crippen molar-refractivity contribution in [1.82, 2.24) is 15.2 Å². The van der Waals surface area contributed by atoms with Crippen molar-refractivity contribution in [2.24, 2.45) is 0 Å². The van der Waals surface area contributed by atoms with E-state index in [1.54, 1.807) is 19.3 Å². The minimum absolute atomic E-state index is 0.0353. The Kier molecular flexibility index (Phi) is 5.56. The molecule has 8 heteroatoms. The van der Waals surface area contributed by atoms with E-state index in [4.69, 9.17) is 9.68 Å². The van der Waals surface area contributed by atoms with E-state index in [9.17, 15) is 4.79 Å². The quantitative estimate of drug-likeness (QED) is 0.748. The Hall–Kier alpha value is -2.11. The third kappa shape index (κ3) is 3.61. The fourth-order valence-corrected chi connectivity index (χ4v) is 5.08. The minimum Gasteiger partial charge on any atom is -0.444 e. The number of hydrogen-bond donors (Lipinski definition) is 2. The summed E-state index contributed by atoms with van der Waals surface area (Å²) in [5.74, 6) is 1.22. The summed E-state index contributed by atoms with van der Waals surface area (Å²) in [5, 5.41) is 16.2. The number of likely N-dealkylation sites (tertiary alicyclic amines) is 1. The van der Waals surface area contributed by atoms with Crippen molar-refractivity contribution >= 4 is 38.6 Å². The number of nitrogens with one attached hydrogen (secondary N) is 2. The Morgan fingerprint density at radius 3 is 2.86 bits per heavy atom. The van der Waals surface area contributed by atoms with Gasteiger partial charge in [-0.15, -0.1) is 0 Å². The van der Waals surface area contributed by atoms with E-state index < -0.39 is 0 Å². The van der Waals surface area contributed by atoms with Gasteiger partial charge in [-0.05, 0) is 61.0 Å². The molecule has 2 aromatic rings. The van der Waals surface area contributed by atoms with Gasteiger partial charge in [-0.1, -0.05) is 0 Å². The number of likely N-dealkylation sites (N-methyl/N-ethyl adjacent to an activating group) is 1. The van der Waals surface area contributed by atoms with Crippen LogP contribution in [0.3, 0.4) is 0 Å². The average Bonchev–Trinajstić information content (AvgIpc) is 3.37. The van der Waals surface area contributed by atoms with Crippen LogP contribution >= 0.6 is 15.9 Å². The van der Waals surface area contributed by atoms with Crippen LogP contribution in [-0.2, 0) is 4.79 Å². The van der Waals surface area contributed by atoms with E-state index in [1.165, 1.54) is 0 Å². The van der Waals surface area contributed by atoms with Gasteiger partial charge in [-0.2, -0.15) is 5.26 Å². The van der Waals surface area contributed by atoms with Crippen LogP contribution in [0.1, 0.15) is 44.3 Å². The Morgan fingerprint density at radius 2 is 2.14 bits per heavy atom. The first-order valence-electron chi connectivity index (χ1n) is 9.82. The van der Waals surface area contributed by atoms with E-state index in [0.29, 0.717) is 17.7 Å². The van der Waals surface area contributed by atoms with Crippen molar-refractivity contribution in [2.75, 3.05) is 18.9 Å². The number of rotatable bonds is 4. The second kappa shape index (κ2) is 8.10. The number of anilines is 1. The number of carbonyl (C=O) groups excluding carboxylic acids is 1. The van der Waals surface area contributed by atoms with Crippen molar-refractivity contribution in [3.63, 3.8) is 0 Å². The zero-order chi connectivity index (χ0) is 19.7. The van der Waals surface area contributed by atoms with Gasteiger partial charge in [0.05, 0.1) is 16.7 Å². The lowest BCUT2D eigenvalue weighted by Crippen LogP contribution is -2.48. The lowest BCUT2D eigenvalue weighted by atomic mass is 9.89. The van der Waals surface area contributed by atoms with E-state index in [0.717, 1.165) is 60.7 Å². The Balaban J connectivity index is 1.40. The summed E-state index contributed by atoms with van der Waals surface area (Å²) in [6, 6.07) is 4.62. The van der Waals surface area contributed by atoms with Gasteiger partial charge in [0, 0.05) is 30.6 Å². The van der Waals surface area contributed by atoms with Gasteiger partial charge >= 0.3 is 0 Å². The smallest absolute Gasteiger partial charge is 0.237 e. The highest BCUT2D eigenvalue weighted by atomic mass is 79.9. The van der Waals surface area contributed by atoms with Crippen LogP contribution in [0.5, 0.6) is 0 Å². The fraction of sp³-hybridized carbons (Fsp3) is 0.550. The van der Waals surface area contributed by atoms with Crippen LogP contribution in [0, 0.1) is 11.3 Å². The molecule has 1 saturated carbocycles. The highest BCUT2D eigenvalue weighted by Gasteiger charge is 2.36. The molecule has 0 radical (unpaired) electrons. The maximum atomic E-state index is 12.1. The van der Waals surface area contributed by atoms with E-state index in [1.807, 2.05) is 6.07 Å². The number of halogens is 1. The molecule has 0 aromatic carbocycles. The van der Waals surface area contributed by atoms with Crippen LogP contribution in [0.25, 0.3) is 11.0 Å². The minimum atomic E-state index is 0.0353. The zero-order valence-electron chi connectivity index (χ0n) is 15.9. The highest BCUT2D eigenvalue weighted by molar-refractivity contribution is 9.10. The highest BCUT2D eigenvalue weighted by Crippen LogP contribution is 2.34. The van der Waals surface area contributed by atoms with Crippen LogP contribution in [0.4, 0.5) is 5.82 Å². The average molecular weight is 446 g/mol. The van der Waals surface area contributed by atoms with Crippen molar-refractivity contribution in [3.05, 3.63) is 22.5 Å². The second-order valence-electron chi connectivity index (χ2n) is 7.58. The molecule has 2 aromatic heterocycles. The molecule has 7 nitrogen and oxygen atoms in total. The molecule has 148 valence electrons. The molecule has 1 amide bonds. The number of hydrogen-bond acceptors (Lipinski definition) is 6. The number of pyridine rings is 1. The molecule has 3 heterocycles. The van der Waals surface area contributed by atoms with Gasteiger partial charge in [-0.3, -0.25) is 9.69 Å². The number of fused-ring (bicyclic) bond motifs is 1.